The summed E-state index contributed by atoms with van der Waals surface area (Å²) in [6, 6.07) is 7.36. The Labute approximate surface area is 131 Å². The zero-order chi connectivity index (χ0) is 15.7. The molecule has 4 nitrogen and oxygen atoms in total. The molecule has 3 unspecified atom stereocenters. The van der Waals surface area contributed by atoms with Gasteiger partial charge in [-0.1, -0.05) is 30.7 Å². The van der Waals surface area contributed by atoms with Gasteiger partial charge in [-0.25, -0.2) is 8.42 Å². The first kappa shape index (κ1) is 16.7. The Bertz CT molecular complexity index is 605. The first-order chi connectivity index (χ1) is 9.93. The maximum absolute atomic E-state index is 12.4. The molecule has 0 saturated heterocycles. The molecule has 0 radical (unpaired) electrons. The van der Waals surface area contributed by atoms with Crippen molar-refractivity contribution < 1.29 is 13.2 Å². The SMILES string of the molecule is CCOCC1(CN)C(c2cccc(Cl)c2)C1S(=O)(=O)CC. The van der Waals surface area contributed by atoms with E-state index in [9.17, 15) is 8.42 Å². The molecule has 21 heavy (non-hydrogen) atoms. The molecule has 118 valence electrons. The monoisotopic (exact) mass is 331 g/mol. The largest absolute Gasteiger partial charge is 0.381 e. The molecule has 0 aromatic heterocycles. The zero-order valence-corrected chi connectivity index (χ0v) is 14.0. The van der Waals surface area contributed by atoms with Crippen LogP contribution in [0, 0.1) is 5.41 Å². The van der Waals surface area contributed by atoms with Crippen LogP contribution in [0.4, 0.5) is 0 Å². The van der Waals surface area contributed by atoms with Crippen LogP contribution in [-0.2, 0) is 14.6 Å². The van der Waals surface area contributed by atoms with E-state index in [1.54, 1.807) is 13.0 Å². The van der Waals surface area contributed by atoms with Gasteiger partial charge >= 0.3 is 0 Å². The van der Waals surface area contributed by atoms with Crippen molar-refractivity contribution >= 4 is 21.4 Å². The third-order valence-electron chi connectivity index (χ3n) is 4.33. The Morgan fingerprint density at radius 3 is 2.62 bits per heavy atom. The van der Waals surface area contributed by atoms with Gasteiger partial charge in [0.15, 0.2) is 9.84 Å². The van der Waals surface area contributed by atoms with Gasteiger partial charge in [0, 0.05) is 35.3 Å². The summed E-state index contributed by atoms with van der Waals surface area (Å²) < 4.78 is 30.4. The van der Waals surface area contributed by atoms with Crippen molar-refractivity contribution in [2.24, 2.45) is 11.1 Å². The molecule has 1 saturated carbocycles. The molecular weight excluding hydrogens is 310 g/mol. The average molecular weight is 332 g/mol. The summed E-state index contributed by atoms with van der Waals surface area (Å²) in [6.45, 7) is 4.76. The Balaban J connectivity index is 2.41. The van der Waals surface area contributed by atoms with Crippen molar-refractivity contribution in [3.05, 3.63) is 34.9 Å². The summed E-state index contributed by atoms with van der Waals surface area (Å²) in [5, 5.41) is 0.124. The standard InChI is InChI=1S/C15H22ClNO3S/c1-3-20-10-15(9-17)13(14(15)21(18,19)4-2)11-6-5-7-12(16)8-11/h5-8,13-14H,3-4,9-10,17H2,1-2H3. The van der Waals surface area contributed by atoms with Gasteiger partial charge in [-0.2, -0.15) is 0 Å². The van der Waals surface area contributed by atoms with Crippen LogP contribution in [0.25, 0.3) is 0 Å². The predicted octanol–water partition coefficient (Wildman–Crippen LogP) is 2.22. The Kier molecular flexibility index (Phi) is 4.98. The molecule has 1 aromatic rings. The summed E-state index contributed by atoms with van der Waals surface area (Å²) in [7, 11) is -3.19. The average Bonchev–Trinajstić information content (AvgIpc) is 3.15. The minimum absolute atomic E-state index is 0.114. The number of hydrogen-bond donors (Lipinski definition) is 1. The van der Waals surface area contributed by atoms with Gasteiger partial charge in [-0.15, -0.1) is 0 Å². The highest BCUT2D eigenvalue weighted by atomic mass is 35.5. The summed E-state index contributed by atoms with van der Waals surface area (Å²) in [5.41, 5.74) is 6.33. The van der Waals surface area contributed by atoms with Crippen LogP contribution < -0.4 is 5.73 Å². The van der Waals surface area contributed by atoms with E-state index < -0.39 is 20.5 Å². The minimum Gasteiger partial charge on any atom is -0.381 e. The van der Waals surface area contributed by atoms with Gasteiger partial charge in [0.05, 0.1) is 11.9 Å². The van der Waals surface area contributed by atoms with Crippen LogP contribution in [0.15, 0.2) is 24.3 Å². The predicted molar refractivity (Wildman–Crippen MR) is 85.4 cm³/mol. The second-order valence-corrected chi connectivity index (χ2v) is 8.33. The van der Waals surface area contributed by atoms with E-state index in [2.05, 4.69) is 0 Å². The Morgan fingerprint density at radius 2 is 2.10 bits per heavy atom. The highest BCUT2D eigenvalue weighted by Gasteiger charge is 2.69. The summed E-state index contributed by atoms with van der Waals surface area (Å²) in [4.78, 5) is 0. The lowest BCUT2D eigenvalue weighted by atomic mass is 10.00. The van der Waals surface area contributed by atoms with E-state index in [1.165, 1.54) is 0 Å². The highest BCUT2D eigenvalue weighted by molar-refractivity contribution is 7.92. The number of benzene rings is 1. The molecule has 2 rings (SSSR count). The summed E-state index contributed by atoms with van der Waals surface area (Å²) in [6.07, 6.45) is 0. The fraction of sp³-hybridized carbons (Fsp3) is 0.600. The molecule has 0 heterocycles. The molecule has 0 bridgehead atoms. The van der Waals surface area contributed by atoms with Gasteiger partial charge in [-0.05, 0) is 24.6 Å². The van der Waals surface area contributed by atoms with Crippen molar-refractivity contribution in [2.45, 2.75) is 25.0 Å². The first-order valence-electron chi connectivity index (χ1n) is 7.17. The quantitative estimate of drug-likeness (QED) is 0.831. The van der Waals surface area contributed by atoms with Gasteiger partial charge in [-0.3, -0.25) is 0 Å². The Morgan fingerprint density at radius 1 is 1.38 bits per heavy atom. The molecule has 1 fully saturated rings. The molecule has 0 aliphatic heterocycles. The Hall–Kier alpha value is -0.620. The second-order valence-electron chi connectivity index (χ2n) is 5.48. The van der Waals surface area contributed by atoms with Gasteiger partial charge in [0.25, 0.3) is 0 Å². The minimum atomic E-state index is -3.19. The summed E-state index contributed by atoms with van der Waals surface area (Å²) in [5.74, 6) is -0.0273. The van der Waals surface area contributed by atoms with Crippen LogP contribution in [0.5, 0.6) is 0 Å². The molecule has 0 amide bonds. The first-order valence-corrected chi connectivity index (χ1v) is 9.27. The van der Waals surface area contributed by atoms with Crippen LogP contribution in [-0.4, -0.2) is 39.2 Å². The molecule has 1 aliphatic rings. The topological polar surface area (TPSA) is 69.4 Å². The fourth-order valence-corrected chi connectivity index (χ4v) is 5.52. The molecule has 1 aromatic carbocycles. The lowest BCUT2D eigenvalue weighted by Crippen LogP contribution is -2.29. The van der Waals surface area contributed by atoms with Crippen LogP contribution >= 0.6 is 11.6 Å². The van der Waals surface area contributed by atoms with Crippen molar-refractivity contribution in [1.29, 1.82) is 0 Å². The maximum Gasteiger partial charge on any atom is 0.154 e. The van der Waals surface area contributed by atoms with Gasteiger partial charge in [0.1, 0.15) is 0 Å². The number of rotatable bonds is 7. The molecule has 2 N–H and O–H groups in total. The lowest BCUT2D eigenvalue weighted by molar-refractivity contribution is 0.101. The number of hydrogen-bond acceptors (Lipinski definition) is 4. The molecule has 3 atom stereocenters. The molecule has 1 aliphatic carbocycles. The molecular formula is C15H22ClNO3S. The van der Waals surface area contributed by atoms with Gasteiger partial charge in [0.2, 0.25) is 0 Å². The molecule has 6 heteroatoms. The van der Waals surface area contributed by atoms with Crippen molar-refractivity contribution in [3.8, 4) is 0 Å². The maximum atomic E-state index is 12.4. The van der Waals surface area contributed by atoms with E-state index in [4.69, 9.17) is 22.1 Å². The van der Waals surface area contributed by atoms with Crippen LogP contribution in [0.1, 0.15) is 25.3 Å². The van der Waals surface area contributed by atoms with E-state index in [0.717, 1.165) is 5.56 Å². The zero-order valence-electron chi connectivity index (χ0n) is 12.4. The van der Waals surface area contributed by atoms with E-state index in [-0.39, 0.29) is 18.2 Å². The third kappa shape index (κ3) is 2.97. The fourth-order valence-electron chi connectivity index (χ4n) is 3.17. The summed E-state index contributed by atoms with van der Waals surface area (Å²) >= 11 is 6.04. The van der Waals surface area contributed by atoms with Crippen molar-refractivity contribution in [3.63, 3.8) is 0 Å². The van der Waals surface area contributed by atoms with Gasteiger partial charge < -0.3 is 10.5 Å². The smallest absolute Gasteiger partial charge is 0.154 e. The van der Waals surface area contributed by atoms with Crippen LogP contribution in [0.3, 0.4) is 0 Å². The highest BCUT2D eigenvalue weighted by Crippen LogP contribution is 2.62. The van der Waals surface area contributed by atoms with E-state index in [0.29, 0.717) is 18.2 Å². The van der Waals surface area contributed by atoms with E-state index >= 15 is 0 Å². The normalized spacial score (nSPS) is 28.6. The third-order valence-corrected chi connectivity index (χ3v) is 6.89. The number of ether oxygens (including phenoxy) is 1. The number of sulfone groups is 1. The van der Waals surface area contributed by atoms with Crippen molar-refractivity contribution in [1.82, 2.24) is 0 Å². The lowest BCUT2D eigenvalue weighted by Gasteiger charge is -2.15. The van der Waals surface area contributed by atoms with Crippen LogP contribution in [0.2, 0.25) is 5.02 Å². The number of nitrogens with two attached hydrogens (primary N) is 1. The second kappa shape index (κ2) is 6.24. The van der Waals surface area contributed by atoms with E-state index in [1.807, 2.05) is 25.1 Å². The number of halogens is 1. The molecule has 0 spiro atoms. The van der Waals surface area contributed by atoms with Crippen molar-refractivity contribution in [2.75, 3.05) is 25.5 Å².